The molecule has 2 aromatic carbocycles. The standard InChI is InChI=1S/C23H28N2O4.C3H6O2/c1-23(2,3)29-21(26)14-24-12-13-25-22(27)28-15-20-18-10-6-4-8-16(18)17-9-5-7-11-19(17)20;1-2-3(4)5/h4-11,20,24H,12-15H2,1-3H3,(H,25,27);2H2,1H3,(H,4,5). The van der Waals surface area contributed by atoms with Crippen LogP contribution in [0.4, 0.5) is 4.79 Å². The van der Waals surface area contributed by atoms with E-state index >= 15 is 0 Å². The predicted octanol–water partition coefficient (Wildman–Crippen LogP) is 3.94. The molecular weight excluding hydrogens is 436 g/mol. The molecule has 8 heteroatoms. The van der Waals surface area contributed by atoms with Crippen LogP contribution in [0.15, 0.2) is 48.5 Å². The van der Waals surface area contributed by atoms with Gasteiger partial charge in [0, 0.05) is 25.4 Å². The lowest BCUT2D eigenvalue weighted by atomic mass is 9.98. The maximum absolute atomic E-state index is 12.1. The maximum atomic E-state index is 12.1. The number of amides is 1. The van der Waals surface area contributed by atoms with E-state index in [-0.39, 0.29) is 31.5 Å². The molecule has 1 amide bonds. The molecule has 1 aliphatic rings. The minimum atomic E-state index is -0.745. The fourth-order valence-electron chi connectivity index (χ4n) is 3.47. The summed E-state index contributed by atoms with van der Waals surface area (Å²) in [5.41, 5.74) is 4.26. The Morgan fingerprint density at radius 1 is 0.941 bits per heavy atom. The van der Waals surface area contributed by atoms with Gasteiger partial charge in [0.15, 0.2) is 0 Å². The van der Waals surface area contributed by atoms with Crippen molar-refractivity contribution in [2.45, 2.75) is 45.6 Å². The Hall–Kier alpha value is -3.39. The van der Waals surface area contributed by atoms with Crippen molar-refractivity contribution >= 4 is 18.0 Å². The molecule has 0 aromatic heterocycles. The average molecular weight is 471 g/mol. The van der Waals surface area contributed by atoms with Crippen LogP contribution in [0.25, 0.3) is 11.1 Å². The van der Waals surface area contributed by atoms with Gasteiger partial charge in [0.2, 0.25) is 0 Å². The first kappa shape index (κ1) is 26.9. The average Bonchev–Trinajstić information content (AvgIpc) is 3.10. The number of carboxylic acid groups (broad SMARTS) is 1. The number of alkyl carbamates (subject to hydrolysis) is 1. The van der Waals surface area contributed by atoms with Gasteiger partial charge in [-0.1, -0.05) is 55.5 Å². The van der Waals surface area contributed by atoms with Gasteiger partial charge in [-0.25, -0.2) is 4.79 Å². The fraction of sp³-hybridized carbons (Fsp3) is 0.423. The second kappa shape index (κ2) is 12.7. The zero-order valence-electron chi connectivity index (χ0n) is 20.2. The number of carbonyl (C=O) groups is 3. The van der Waals surface area contributed by atoms with E-state index in [0.29, 0.717) is 13.1 Å². The summed E-state index contributed by atoms with van der Waals surface area (Å²) in [7, 11) is 0. The van der Waals surface area contributed by atoms with Gasteiger partial charge in [0.05, 0.1) is 6.54 Å². The number of fused-ring (bicyclic) bond motifs is 3. The Kier molecular flexibility index (Phi) is 10.1. The third kappa shape index (κ3) is 8.51. The second-order valence-electron chi connectivity index (χ2n) is 8.76. The molecule has 3 rings (SSSR count). The van der Waals surface area contributed by atoms with Crippen molar-refractivity contribution in [3.63, 3.8) is 0 Å². The Balaban J connectivity index is 0.000000739. The quantitative estimate of drug-likeness (QED) is 0.396. The molecule has 0 saturated carbocycles. The van der Waals surface area contributed by atoms with Gasteiger partial charge in [-0.15, -0.1) is 0 Å². The fourth-order valence-corrected chi connectivity index (χ4v) is 3.47. The van der Waals surface area contributed by atoms with E-state index in [1.54, 1.807) is 6.92 Å². The van der Waals surface area contributed by atoms with Crippen molar-refractivity contribution in [3.05, 3.63) is 59.7 Å². The topological polar surface area (TPSA) is 114 Å². The van der Waals surface area contributed by atoms with Gasteiger partial charge in [0.25, 0.3) is 0 Å². The Morgan fingerprint density at radius 3 is 1.97 bits per heavy atom. The van der Waals surface area contributed by atoms with Gasteiger partial charge in [-0.2, -0.15) is 0 Å². The highest BCUT2D eigenvalue weighted by molar-refractivity contribution is 5.79. The molecule has 3 N–H and O–H groups in total. The Morgan fingerprint density at radius 2 is 1.47 bits per heavy atom. The van der Waals surface area contributed by atoms with Gasteiger partial charge in [-0.05, 0) is 43.0 Å². The van der Waals surface area contributed by atoms with Crippen LogP contribution in [0.1, 0.15) is 51.2 Å². The van der Waals surface area contributed by atoms with E-state index in [4.69, 9.17) is 14.6 Å². The number of ether oxygens (including phenoxy) is 2. The number of nitrogens with one attached hydrogen (secondary N) is 2. The number of rotatable bonds is 8. The van der Waals surface area contributed by atoms with E-state index in [1.165, 1.54) is 22.3 Å². The number of carbonyl (C=O) groups excluding carboxylic acids is 2. The molecule has 0 aliphatic heterocycles. The van der Waals surface area contributed by atoms with Crippen LogP contribution in [0, 0.1) is 0 Å². The summed E-state index contributed by atoms with van der Waals surface area (Å²) in [4.78, 5) is 33.0. The molecule has 0 radical (unpaired) electrons. The highest BCUT2D eigenvalue weighted by atomic mass is 16.6. The number of benzene rings is 2. The molecule has 8 nitrogen and oxygen atoms in total. The third-order valence-electron chi connectivity index (χ3n) is 4.91. The van der Waals surface area contributed by atoms with E-state index in [9.17, 15) is 14.4 Å². The van der Waals surface area contributed by atoms with Crippen LogP contribution in [0.2, 0.25) is 0 Å². The molecule has 0 heterocycles. The van der Waals surface area contributed by atoms with Gasteiger partial charge >= 0.3 is 18.0 Å². The van der Waals surface area contributed by atoms with Crippen LogP contribution in [-0.4, -0.2) is 55.0 Å². The van der Waals surface area contributed by atoms with E-state index < -0.39 is 17.7 Å². The minimum Gasteiger partial charge on any atom is -0.481 e. The number of carboxylic acids is 1. The van der Waals surface area contributed by atoms with Gasteiger partial charge in [-0.3, -0.25) is 9.59 Å². The van der Waals surface area contributed by atoms with E-state index in [2.05, 4.69) is 34.9 Å². The van der Waals surface area contributed by atoms with Crippen molar-refractivity contribution in [3.8, 4) is 11.1 Å². The van der Waals surface area contributed by atoms with Crippen LogP contribution < -0.4 is 10.6 Å². The lowest BCUT2D eigenvalue weighted by Crippen LogP contribution is -2.36. The molecule has 0 saturated heterocycles. The largest absolute Gasteiger partial charge is 0.481 e. The lowest BCUT2D eigenvalue weighted by molar-refractivity contribution is -0.153. The number of hydrogen-bond donors (Lipinski definition) is 3. The molecule has 0 unspecified atom stereocenters. The SMILES string of the molecule is CC(C)(C)OC(=O)CNCCNC(=O)OCC1c2ccccc2-c2ccccc21.CCC(=O)O. The zero-order valence-corrected chi connectivity index (χ0v) is 20.2. The molecule has 1 aliphatic carbocycles. The van der Waals surface area contributed by atoms with E-state index in [1.807, 2.05) is 45.0 Å². The number of hydrogen-bond acceptors (Lipinski definition) is 6. The Labute approximate surface area is 200 Å². The molecule has 0 bridgehead atoms. The monoisotopic (exact) mass is 470 g/mol. The summed E-state index contributed by atoms with van der Waals surface area (Å²) in [6.45, 7) is 8.26. The number of esters is 1. The zero-order chi connectivity index (χ0) is 25.1. The molecular formula is C26H34N2O6. The number of aliphatic carboxylic acids is 1. The summed E-state index contributed by atoms with van der Waals surface area (Å²) in [5.74, 6) is -1.03. The van der Waals surface area contributed by atoms with E-state index in [0.717, 1.165) is 0 Å². The summed E-state index contributed by atoms with van der Waals surface area (Å²) >= 11 is 0. The summed E-state index contributed by atoms with van der Waals surface area (Å²) in [6, 6.07) is 16.4. The first-order chi connectivity index (χ1) is 16.1. The highest BCUT2D eigenvalue weighted by Crippen LogP contribution is 2.44. The minimum absolute atomic E-state index is 0.0402. The van der Waals surface area contributed by atoms with Crippen molar-refractivity contribution in [1.82, 2.24) is 10.6 Å². The predicted molar refractivity (Wildman–Crippen MR) is 130 cm³/mol. The van der Waals surface area contributed by atoms with Gasteiger partial charge < -0.3 is 25.2 Å². The first-order valence-electron chi connectivity index (χ1n) is 11.4. The van der Waals surface area contributed by atoms with Crippen molar-refractivity contribution in [2.75, 3.05) is 26.2 Å². The van der Waals surface area contributed by atoms with Crippen LogP contribution in [0.3, 0.4) is 0 Å². The molecule has 0 fully saturated rings. The van der Waals surface area contributed by atoms with Crippen LogP contribution >= 0.6 is 0 Å². The summed E-state index contributed by atoms with van der Waals surface area (Å²) < 4.78 is 10.7. The van der Waals surface area contributed by atoms with Crippen molar-refractivity contribution in [1.29, 1.82) is 0 Å². The third-order valence-corrected chi connectivity index (χ3v) is 4.91. The summed E-state index contributed by atoms with van der Waals surface area (Å²) in [6.07, 6.45) is -0.245. The summed E-state index contributed by atoms with van der Waals surface area (Å²) in [5, 5.41) is 13.4. The smallest absolute Gasteiger partial charge is 0.407 e. The molecule has 34 heavy (non-hydrogen) atoms. The normalized spacial score (nSPS) is 12.0. The first-order valence-corrected chi connectivity index (χ1v) is 11.4. The molecule has 0 spiro atoms. The van der Waals surface area contributed by atoms with Crippen LogP contribution in [-0.2, 0) is 19.1 Å². The molecule has 2 aromatic rings. The highest BCUT2D eigenvalue weighted by Gasteiger charge is 2.28. The van der Waals surface area contributed by atoms with Crippen LogP contribution in [0.5, 0.6) is 0 Å². The maximum Gasteiger partial charge on any atom is 0.407 e. The van der Waals surface area contributed by atoms with Gasteiger partial charge in [0.1, 0.15) is 12.2 Å². The molecule has 184 valence electrons. The Bertz CT molecular complexity index is 938. The molecule has 0 atom stereocenters. The second-order valence-corrected chi connectivity index (χ2v) is 8.76. The van der Waals surface area contributed by atoms with Crippen molar-refractivity contribution < 1.29 is 29.0 Å². The lowest BCUT2D eigenvalue weighted by Gasteiger charge is -2.19. The van der Waals surface area contributed by atoms with Crippen molar-refractivity contribution in [2.24, 2.45) is 0 Å².